The minimum Gasteiger partial charge on any atom is -0.382 e. The second-order valence-corrected chi connectivity index (χ2v) is 7.24. The maximum atomic E-state index is 12.7. The summed E-state index contributed by atoms with van der Waals surface area (Å²) in [5.74, 6) is 0.328. The Bertz CT molecular complexity index is 1060. The topological polar surface area (TPSA) is 121 Å². The van der Waals surface area contributed by atoms with Crippen molar-refractivity contribution in [1.82, 2.24) is 15.3 Å². The number of nitrogens with one attached hydrogen (secondary N) is 4. The molecular weight excluding hydrogens is 420 g/mol. The van der Waals surface area contributed by atoms with Crippen LogP contribution < -0.4 is 16.0 Å². The average molecular weight is 449 g/mol. The molecule has 0 saturated heterocycles. The van der Waals surface area contributed by atoms with Gasteiger partial charge >= 0.3 is 6.03 Å². The summed E-state index contributed by atoms with van der Waals surface area (Å²) in [4.78, 5) is 21.2. The van der Waals surface area contributed by atoms with E-state index in [1.165, 1.54) is 6.21 Å². The third kappa shape index (κ3) is 7.37. The second-order valence-electron chi connectivity index (χ2n) is 7.24. The van der Waals surface area contributed by atoms with E-state index in [9.17, 15) is 4.79 Å². The number of methoxy groups -OCH3 is 1. The van der Waals surface area contributed by atoms with Gasteiger partial charge in [0.2, 0.25) is 0 Å². The van der Waals surface area contributed by atoms with Crippen molar-refractivity contribution < 1.29 is 14.3 Å². The van der Waals surface area contributed by atoms with Crippen LogP contribution in [0.2, 0.25) is 0 Å². The molecular formula is C24H28N6O3. The van der Waals surface area contributed by atoms with Gasteiger partial charge in [-0.05, 0) is 30.7 Å². The van der Waals surface area contributed by atoms with Crippen LogP contribution in [0.5, 0.6) is 0 Å². The number of urea groups is 1. The van der Waals surface area contributed by atoms with E-state index in [1.807, 2.05) is 49.4 Å². The summed E-state index contributed by atoms with van der Waals surface area (Å²) < 4.78 is 10.6. The van der Waals surface area contributed by atoms with Gasteiger partial charge in [0.25, 0.3) is 0 Å². The normalized spacial score (nSPS) is 11.5. The molecule has 3 aromatic rings. The summed E-state index contributed by atoms with van der Waals surface area (Å²) in [7, 11) is 1.61. The molecule has 2 heterocycles. The fraction of sp³-hybridized carbons (Fsp3) is 0.250. The Hall–Kier alpha value is -3.82. The van der Waals surface area contributed by atoms with Crippen LogP contribution in [0.25, 0.3) is 0 Å². The molecule has 0 aliphatic carbocycles. The first-order chi connectivity index (χ1) is 16.1. The number of rotatable bonds is 11. The highest BCUT2D eigenvalue weighted by atomic mass is 16.5. The Morgan fingerprint density at radius 3 is 2.70 bits per heavy atom. The number of pyridine rings is 2. The van der Waals surface area contributed by atoms with Crippen molar-refractivity contribution in [2.75, 3.05) is 37.6 Å². The fourth-order valence-corrected chi connectivity index (χ4v) is 3.10. The van der Waals surface area contributed by atoms with Crippen molar-refractivity contribution in [2.45, 2.75) is 13.0 Å². The van der Waals surface area contributed by atoms with E-state index in [1.54, 1.807) is 25.6 Å². The van der Waals surface area contributed by atoms with Gasteiger partial charge in [-0.15, -0.1) is 0 Å². The predicted octanol–water partition coefficient (Wildman–Crippen LogP) is 4.05. The highest BCUT2D eigenvalue weighted by Gasteiger charge is 2.16. The number of benzene rings is 1. The van der Waals surface area contributed by atoms with E-state index in [4.69, 9.17) is 14.9 Å². The van der Waals surface area contributed by atoms with Crippen LogP contribution in [0.3, 0.4) is 0 Å². The van der Waals surface area contributed by atoms with Crippen LogP contribution in [-0.2, 0) is 9.47 Å². The fourth-order valence-electron chi connectivity index (χ4n) is 3.10. The standard InChI is InChI=1S/C24H28N6O3/c1-17-12-20(8-9-26-17)28-21-15-27-23(13-19(21)14-25)30-24(31)29-22(16-33-11-10-32-2)18-6-4-3-5-7-18/h3-9,12-15,22,25H,10-11,16H2,1-2H3,(H,26,28)(H2,27,29,30,31)/t22-/m1/s1. The molecule has 0 bridgehead atoms. The number of nitrogens with zero attached hydrogens (tertiary/aromatic N) is 2. The van der Waals surface area contributed by atoms with Crippen LogP contribution in [0.15, 0.2) is 60.9 Å². The molecule has 2 aromatic heterocycles. The van der Waals surface area contributed by atoms with E-state index in [2.05, 4.69) is 25.9 Å². The van der Waals surface area contributed by atoms with Gasteiger partial charge in [-0.1, -0.05) is 30.3 Å². The van der Waals surface area contributed by atoms with Crippen molar-refractivity contribution in [3.63, 3.8) is 0 Å². The van der Waals surface area contributed by atoms with E-state index in [0.29, 0.717) is 36.9 Å². The zero-order valence-corrected chi connectivity index (χ0v) is 18.7. The van der Waals surface area contributed by atoms with Crippen LogP contribution in [-0.4, -0.2) is 49.1 Å². The second kappa shape index (κ2) is 12.3. The molecule has 4 N–H and O–H groups in total. The van der Waals surface area contributed by atoms with E-state index in [-0.39, 0.29) is 6.04 Å². The minimum atomic E-state index is -0.423. The summed E-state index contributed by atoms with van der Waals surface area (Å²) >= 11 is 0. The molecule has 0 saturated carbocycles. The molecule has 1 aromatic carbocycles. The molecule has 0 aliphatic rings. The van der Waals surface area contributed by atoms with Crippen molar-refractivity contribution in [1.29, 1.82) is 5.41 Å². The van der Waals surface area contributed by atoms with Crippen molar-refractivity contribution in [3.05, 3.63) is 77.7 Å². The van der Waals surface area contributed by atoms with Crippen LogP contribution in [0, 0.1) is 12.3 Å². The number of carbonyl (C=O) groups is 1. The number of aromatic nitrogens is 2. The van der Waals surface area contributed by atoms with Gasteiger partial charge in [-0.25, -0.2) is 9.78 Å². The van der Waals surface area contributed by atoms with Gasteiger partial charge in [-0.3, -0.25) is 10.3 Å². The minimum absolute atomic E-state index is 0.300. The van der Waals surface area contributed by atoms with Crippen LogP contribution >= 0.6 is 0 Å². The lowest BCUT2D eigenvalue weighted by molar-refractivity contribution is 0.0601. The molecule has 0 fully saturated rings. The first kappa shape index (κ1) is 23.8. The molecule has 1 atom stereocenters. The smallest absolute Gasteiger partial charge is 0.320 e. The molecule has 9 heteroatoms. The SMILES string of the molecule is COCCOC[C@@H](NC(=O)Nc1cc(C=N)c(Nc2ccnc(C)c2)cn1)c1ccccc1. The third-order valence-electron chi connectivity index (χ3n) is 4.73. The summed E-state index contributed by atoms with van der Waals surface area (Å²) in [5, 5.41) is 16.6. The van der Waals surface area contributed by atoms with Gasteiger partial charge in [-0.2, -0.15) is 0 Å². The first-order valence-electron chi connectivity index (χ1n) is 10.5. The van der Waals surface area contributed by atoms with Gasteiger partial charge < -0.3 is 25.5 Å². The first-order valence-corrected chi connectivity index (χ1v) is 10.5. The molecule has 3 rings (SSSR count). The van der Waals surface area contributed by atoms with E-state index < -0.39 is 6.03 Å². The number of hydrogen-bond acceptors (Lipinski definition) is 7. The van der Waals surface area contributed by atoms with Gasteiger partial charge in [0, 0.05) is 36.5 Å². The molecule has 0 spiro atoms. The van der Waals surface area contributed by atoms with Gasteiger partial charge in [0.1, 0.15) is 5.82 Å². The summed E-state index contributed by atoms with van der Waals surface area (Å²) in [6.07, 6.45) is 4.49. The highest BCUT2D eigenvalue weighted by molar-refractivity contribution is 5.92. The average Bonchev–Trinajstić information content (AvgIpc) is 2.82. The van der Waals surface area contributed by atoms with Crippen LogP contribution in [0.1, 0.15) is 22.9 Å². The summed E-state index contributed by atoms with van der Waals surface area (Å²) in [6.45, 7) is 3.11. The van der Waals surface area contributed by atoms with Crippen molar-refractivity contribution in [2.24, 2.45) is 0 Å². The maximum absolute atomic E-state index is 12.7. The Morgan fingerprint density at radius 2 is 1.97 bits per heavy atom. The number of aryl methyl sites for hydroxylation is 1. The van der Waals surface area contributed by atoms with Crippen molar-refractivity contribution >= 4 is 29.4 Å². The Kier molecular flexibility index (Phi) is 8.87. The van der Waals surface area contributed by atoms with Crippen molar-refractivity contribution in [3.8, 4) is 0 Å². The van der Waals surface area contributed by atoms with Gasteiger partial charge in [0.05, 0.1) is 37.7 Å². The zero-order chi connectivity index (χ0) is 23.5. The highest BCUT2D eigenvalue weighted by Crippen LogP contribution is 2.21. The van der Waals surface area contributed by atoms with E-state index in [0.717, 1.165) is 16.9 Å². The van der Waals surface area contributed by atoms with Crippen LogP contribution in [0.4, 0.5) is 22.0 Å². The number of anilines is 3. The molecule has 0 aliphatic heterocycles. The quantitative estimate of drug-likeness (QED) is 0.259. The third-order valence-corrected chi connectivity index (χ3v) is 4.73. The Morgan fingerprint density at radius 1 is 1.15 bits per heavy atom. The molecule has 0 radical (unpaired) electrons. The molecule has 0 unspecified atom stereocenters. The Labute approximate surface area is 193 Å². The molecule has 33 heavy (non-hydrogen) atoms. The van der Waals surface area contributed by atoms with Gasteiger partial charge in [0.15, 0.2) is 0 Å². The predicted molar refractivity (Wildman–Crippen MR) is 128 cm³/mol. The zero-order valence-electron chi connectivity index (χ0n) is 18.7. The van der Waals surface area contributed by atoms with E-state index >= 15 is 0 Å². The summed E-state index contributed by atoms with van der Waals surface area (Å²) in [5.41, 5.74) is 3.86. The largest absolute Gasteiger partial charge is 0.382 e. The lowest BCUT2D eigenvalue weighted by Crippen LogP contribution is -2.35. The number of ether oxygens (including phenoxy) is 2. The summed E-state index contributed by atoms with van der Waals surface area (Å²) in [6, 6.07) is 14.2. The Balaban J connectivity index is 1.66. The number of hydrogen-bond donors (Lipinski definition) is 4. The maximum Gasteiger partial charge on any atom is 0.320 e. The number of amides is 2. The lowest BCUT2D eigenvalue weighted by atomic mass is 10.1. The number of carbonyl (C=O) groups excluding carboxylic acids is 1. The molecule has 2 amide bonds. The molecule has 9 nitrogen and oxygen atoms in total. The monoisotopic (exact) mass is 448 g/mol. The molecule has 172 valence electrons. The lowest BCUT2D eigenvalue weighted by Gasteiger charge is -2.20.